The molecule has 0 N–H and O–H groups in total. The van der Waals surface area contributed by atoms with Crippen LogP contribution in [0.4, 0.5) is 0 Å². The number of imidazole rings is 1. The van der Waals surface area contributed by atoms with E-state index in [2.05, 4.69) is 187 Å². The largest absolute Gasteiger partial charge is 0.305 e. The minimum atomic E-state index is 0.405. The molecule has 0 radical (unpaired) electrons. The molecule has 0 aliphatic rings. The summed E-state index contributed by atoms with van der Waals surface area (Å²) < 4.78 is 11.5. The Labute approximate surface area is 426 Å². The van der Waals surface area contributed by atoms with Crippen LogP contribution in [-0.2, 0) is 0 Å². The average Bonchev–Trinajstić information content (AvgIpc) is 4.31. The summed E-state index contributed by atoms with van der Waals surface area (Å²) in [6.07, 6.45) is 7.40. The van der Waals surface area contributed by atoms with Crippen LogP contribution in [0.1, 0.15) is 5.56 Å². The monoisotopic (exact) mass is 959 g/mol. The van der Waals surface area contributed by atoms with Gasteiger partial charge in [-0.05, 0) is 97.1 Å². The maximum Gasteiger partial charge on any atom is 0.150 e. The van der Waals surface area contributed by atoms with Crippen LogP contribution < -0.4 is 0 Å². The molecule has 75 heavy (non-hydrogen) atoms. The molecule has 0 spiro atoms. The Balaban J connectivity index is 1.30. The Morgan fingerprint density at radius 1 is 0.307 bits per heavy atom. The van der Waals surface area contributed by atoms with Crippen LogP contribution >= 0.6 is 0 Å². The summed E-state index contributed by atoms with van der Waals surface area (Å²) in [4.78, 5) is 26.2. The van der Waals surface area contributed by atoms with Gasteiger partial charge >= 0.3 is 0 Å². The van der Waals surface area contributed by atoms with Gasteiger partial charge in [0.1, 0.15) is 17.5 Å². The fourth-order valence-electron chi connectivity index (χ4n) is 12.0. The molecule has 0 atom stereocenters. The molecule has 0 bridgehead atoms. The van der Waals surface area contributed by atoms with E-state index in [4.69, 9.17) is 24.9 Å². The fourth-order valence-corrected chi connectivity index (χ4v) is 12.0. The average molecular weight is 960 g/mol. The van der Waals surface area contributed by atoms with Crippen molar-refractivity contribution in [2.75, 3.05) is 0 Å². The van der Waals surface area contributed by atoms with Crippen molar-refractivity contribution in [1.82, 2.24) is 47.8 Å². The van der Waals surface area contributed by atoms with Crippen molar-refractivity contribution in [2.45, 2.75) is 0 Å². The lowest BCUT2D eigenvalue weighted by Crippen LogP contribution is -2.17. The van der Waals surface area contributed by atoms with Gasteiger partial charge in [0.25, 0.3) is 0 Å². The lowest BCUT2D eigenvalue weighted by atomic mass is 9.97. The highest BCUT2D eigenvalue weighted by atomic mass is 15.2. The molecular weight excluding hydrogens is 923 g/mol. The number of rotatable bonds is 6. The molecule has 11 heteroatoms. The zero-order chi connectivity index (χ0) is 49.3. The number of para-hydroxylation sites is 7. The second-order valence-corrected chi connectivity index (χ2v) is 18.7. The number of nitrogens with zero attached hydrogens (tertiary/aromatic N) is 11. The molecule has 9 aromatic heterocycles. The Hall–Kier alpha value is -10.7. The van der Waals surface area contributed by atoms with Gasteiger partial charge in [-0.15, -0.1) is 0 Å². The van der Waals surface area contributed by atoms with E-state index in [1.54, 1.807) is 0 Å². The summed E-state index contributed by atoms with van der Waals surface area (Å²) in [6.45, 7) is 0. The van der Waals surface area contributed by atoms with E-state index in [0.29, 0.717) is 28.3 Å². The van der Waals surface area contributed by atoms with Gasteiger partial charge in [-0.3, -0.25) is 24.5 Å². The number of hydrogen-bond acceptors (Lipinski definition) is 6. The highest BCUT2D eigenvalue weighted by Gasteiger charge is 2.37. The minimum Gasteiger partial charge on any atom is -0.305 e. The first-order chi connectivity index (χ1) is 37.3. The smallest absolute Gasteiger partial charge is 0.150 e. The second-order valence-electron chi connectivity index (χ2n) is 18.7. The SMILES string of the molecule is N#Cc1c(-n2c3ccccc3c3ncccc32)c(-c2nc3ccccc3n2-c2ccccc2)c(-n2c3ccccc3c3ncccc32)c(-n2c3ccccc3c3ncccc32)c1-n1c2ccccc2c2ncccc21. The van der Waals surface area contributed by atoms with Gasteiger partial charge in [-0.25, -0.2) is 4.98 Å². The van der Waals surface area contributed by atoms with Gasteiger partial charge in [0, 0.05) is 52.0 Å². The summed E-state index contributed by atoms with van der Waals surface area (Å²) in [5.74, 6) is 0.629. The van der Waals surface area contributed by atoms with Crippen LogP contribution in [-0.4, -0.2) is 47.8 Å². The number of nitriles is 1. The predicted octanol–water partition coefficient (Wildman–Crippen LogP) is 14.5. The quantitative estimate of drug-likeness (QED) is 0.164. The summed E-state index contributed by atoms with van der Waals surface area (Å²) in [5.41, 5.74) is 16.8. The molecule has 0 aliphatic carbocycles. The van der Waals surface area contributed by atoms with E-state index in [9.17, 15) is 5.26 Å². The van der Waals surface area contributed by atoms with E-state index in [1.165, 1.54) is 0 Å². The maximum atomic E-state index is 12.8. The molecule has 0 amide bonds. The summed E-state index contributed by atoms with van der Waals surface area (Å²) in [7, 11) is 0. The normalized spacial score (nSPS) is 12.0. The molecule has 0 aliphatic heterocycles. The first kappa shape index (κ1) is 41.0. The van der Waals surface area contributed by atoms with E-state index >= 15 is 0 Å². The molecule has 0 saturated heterocycles. The van der Waals surface area contributed by atoms with Gasteiger partial charge in [-0.1, -0.05) is 103 Å². The van der Waals surface area contributed by atoms with Crippen molar-refractivity contribution in [3.05, 3.63) is 231 Å². The molecule has 16 rings (SSSR count). The van der Waals surface area contributed by atoms with Gasteiger partial charge in [0.05, 0.1) is 106 Å². The van der Waals surface area contributed by atoms with Crippen molar-refractivity contribution in [2.24, 2.45) is 0 Å². The Bertz CT molecular complexity index is 4890. The minimum absolute atomic E-state index is 0.405. The molecular formula is C64H37N11. The van der Waals surface area contributed by atoms with E-state index in [-0.39, 0.29) is 0 Å². The van der Waals surface area contributed by atoms with Crippen molar-refractivity contribution < 1.29 is 0 Å². The number of aromatic nitrogens is 10. The van der Waals surface area contributed by atoms with Crippen molar-refractivity contribution >= 4 is 98.8 Å². The molecule has 9 heterocycles. The van der Waals surface area contributed by atoms with Crippen molar-refractivity contribution in [1.29, 1.82) is 5.26 Å². The van der Waals surface area contributed by atoms with Gasteiger partial charge in [0.2, 0.25) is 0 Å². The van der Waals surface area contributed by atoms with Gasteiger partial charge in [-0.2, -0.15) is 5.26 Å². The highest BCUT2D eigenvalue weighted by Crippen LogP contribution is 2.52. The third-order valence-electron chi connectivity index (χ3n) is 14.9. The third-order valence-corrected chi connectivity index (χ3v) is 14.9. The van der Waals surface area contributed by atoms with E-state index < -0.39 is 0 Å². The van der Waals surface area contributed by atoms with Crippen LogP contribution in [0.15, 0.2) is 225 Å². The lowest BCUT2D eigenvalue weighted by molar-refractivity contribution is 1.01. The topological polar surface area (TPSA) is 113 Å². The Morgan fingerprint density at radius 2 is 0.667 bits per heavy atom. The van der Waals surface area contributed by atoms with Crippen LogP contribution in [0.2, 0.25) is 0 Å². The van der Waals surface area contributed by atoms with Crippen LogP contribution in [0.25, 0.3) is 139 Å². The molecule has 0 saturated carbocycles. The third kappa shape index (κ3) is 5.59. The number of hydrogen-bond donors (Lipinski definition) is 0. The fraction of sp³-hybridized carbons (Fsp3) is 0. The Kier molecular flexibility index (Phi) is 8.55. The molecule has 0 fully saturated rings. The standard InChI is InChI=1S/C64H37N11/c65-38-44-60(72-46-25-9-4-20-40(46)56-51(72)30-14-34-66-56)55(64-70-45-24-8-13-29-50(45)71(64)39-18-2-1-3-19-39)62(74-48-27-11-6-22-42(48)58-53(74)32-16-36-68-58)63(75-49-28-12-7-23-43(49)59-54(75)33-17-37-69-59)61(44)73-47-26-10-5-21-41(47)57-52(73)31-15-35-67-57/h1-37H. The number of pyridine rings is 4. The lowest BCUT2D eigenvalue weighted by Gasteiger charge is -2.29. The molecule has 11 nitrogen and oxygen atoms in total. The number of fused-ring (bicyclic) bond motifs is 13. The Morgan fingerprint density at radius 3 is 1.12 bits per heavy atom. The second kappa shape index (κ2) is 15.6. The molecule has 348 valence electrons. The molecule has 7 aromatic carbocycles. The van der Waals surface area contributed by atoms with E-state index in [1.807, 2.05) is 67.3 Å². The van der Waals surface area contributed by atoms with Gasteiger partial charge < -0.3 is 18.3 Å². The van der Waals surface area contributed by atoms with Gasteiger partial charge in [0.15, 0.2) is 0 Å². The predicted molar refractivity (Wildman–Crippen MR) is 300 cm³/mol. The summed E-state index contributed by atoms with van der Waals surface area (Å²) in [6, 6.07) is 71.7. The van der Waals surface area contributed by atoms with Crippen LogP contribution in [0.3, 0.4) is 0 Å². The first-order valence-electron chi connectivity index (χ1n) is 24.8. The first-order valence-corrected chi connectivity index (χ1v) is 24.8. The summed E-state index contributed by atoms with van der Waals surface area (Å²) in [5, 5.41) is 16.7. The highest BCUT2D eigenvalue weighted by molar-refractivity contribution is 6.15. The van der Waals surface area contributed by atoms with Crippen LogP contribution in [0.5, 0.6) is 0 Å². The zero-order valence-corrected chi connectivity index (χ0v) is 39.8. The van der Waals surface area contributed by atoms with Crippen molar-refractivity contribution in [3.63, 3.8) is 0 Å². The molecule has 16 aromatic rings. The zero-order valence-electron chi connectivity index (χ0n) is 39.8. The molecule has 0 unspecified atom stereocenters. The number of benzene rings is 7. The maximum absolute atomic E-state index is 12.8. The van der Waals surface area contributed by atoms with Crippen molar-refractivity contribution in [3.8, 4) is 45.9 Å². The summed E-state index contributed by atoms with van der Waals surface area (Å²) >= 11 is 0. The van der Waals surface area contributed by atoms with Crippen LogP contribution in [0, 0.1) is 11.3 Å². The van der Waals surface area contributed by atoms with E-state index in [0.717, 1.165) is 116 Å².